The van der Waals surface area contributed by atoms with Gasteiger partial charge in [0.2, 0.25) is 0 Å². The zero-order valence-corrected chi connectivity index (χ0v) is 7.81. The number of imidazole rings is 1. The molecule has 0 saturated carbocycles. The maximum Gasteiger partial charge on any atom is 0.125 e. The lowest BCUT2D eigenvalue weighted by Gasteiger charge is -2.05. The van der Waals surface area contributed by atoms with Crippen molar-refractivity contribution in [2.45, 2.75) is 19.6 Å². The van der Waals surface area contributed by atoms with Crippen LogP contribution in [0.5, 0.6) is 0 Å². The Morgan fingerprint density at radius 1 is 1.57 bits per heavy atom. The van der Waals surface area contributed by atoms with E-state index in [1.54, 1.807) is 23.9 Å². The lowest BCUT2D eigenvalue weighted by Crippen LogP contribution is -2.10. The number of aliphatic hydroxyl groups excluding tert-OH is 1. The van der Waals surface area contributed by atoms with Crippen molar-refractivity contribution >= 4 is 11.0 Å². The fourth-order valence-electron chi connectivity index (χ4n) is 1.47. The van der Waals surface area contributed by atoms with Crippen LogP contribution in [-0.2, 0) is 6.54 Å². The fraction of sp³-hybridized carbons (Fsp3) is 0.300. The van der Waals surface area contributed by atoms with Crippen molar-refractivity contribution in [1.82, 2.24) is 9.55 Å². The monoisotopic (exact) mass is 194 g/mol. The summed E-state index contributed by atoms with van der Waals surface area (Å²) >= 11 is 0. The zero-order valence-electron chi connectivity index (χ0n) is 7.81. The van der Waals surface area contributed by atoms with Crippen molar-refractivity contribution in [1.29, 1.82) is 0 Å². The Balaban J connectivity index is 2.47. The van der Waals surface area contributed by atoms with Gasteiger partial charge in [0.25, 0.3) is 0 Å². The van der Waals surface area contributed by atoms with Crippen LogP contribution in [0.3, 0.4) is 0 Å². The van der Waals surface area contributed by atoms with Crippen molar-refractivity contribution in [3.63, 3.8) is 0 Å². The Morgan fingerprint density at radius 2 is 2.36 bits per heavy atom. The molecule has 14 heavy (non-hydrogen) atoms. The molecule has 0 amide bonds. The third kappa shape index (κ3) is 1.61. The van der Waals surface area contributed by atoms with Crippen molar-refractivity contribution in [2.24, 2.45) is 0 Å². The minimum Gasteiger partial charge on any atom is -0.392 e. The van der Waals surface area contributed by atoms with E-state index in [0.717, 1.165) is 5.52 Å². The van der Waals surface area contributed by atoms with Gasteiger partial charge in [-0.15, -0.1) is 0 Å². The topological polar surface area (TPSA) is 38.0 Å². The first kappa shape index (κ1) is 9.15. The van der Waals surface area contributed by atoms with E-state index in [1.807, 2.05) is 0 Å². The molecule has 1 atom stereocenters. The van der Waals surface area contributed by atoms with Crippen molar-refractivity contribution in [3.8, 4) is 0 Å². The van der Waals surface area contributed by atoms with Gasteiger partial charge >= 0.3 is 0 Å². The Kier molecular flexibility index (Phi) is 2.21. The summed E-state index contributed by atoms with van der Waals surface area (Å²) in [6, 6.07) is 4.44. The summed E-state index contributed by atoms with van der Waals surface area (Å²) in [6.07, 6.45) is 1.18. The van der Waals surface area contributed by atoms with Crippen LogP contribution in [0.2, 0.25) is 0 Å². The number of fused-ring (bicyclic) bond motifs is 1. The van der Waals surface area contributed by atoms with Crippen LogP contribution in [0.1, 0.15) is 6.92 Å². The van der Waals surface area contributed by atoms with E-state index in [1.165, 1.54) is 12.1 Å². The summed E-state index contributed by atoms with van der Waals surface area (Å²) < 4.78 is 14.6. The molecule has 2 aromatic rings. The molecule has 1 aromatic heterocycles. The van der Waals surface area contributed by atoms with Crippen LogP contribution >= 0.6 is 0 Å². The molecule has 0 aliphatic rings. The van der Waals surface area contributed by atoms with Crippen LogP contribution in [0.4, 0.5) is 4.39 Å². The van der Waals surface area contributed by atoms with E-state index in [9.17, 15) is 9.50 Å². The van der Waals surface area contributed by atoms with Crippen LogP contribution in [0.15, 0.2) is 24.5 Å². The number of rotatable bonds is 2. The van der Waals surface area contributed by atoms with Crippen molar-refractivity contribution in [3.05, 3.63) is 30.3 Å². The first-order chi connectivity index (χ1) is 6.66. The molecular weight excluding hydrogens is 183 g/mol. The molecule has 0 bridgehead atoms. The molecule has 3 nitrogen and oxygen atoms in total. The van der Waals surface area contributed by atoms with E-state index in [2.05, 4.69) is 4.98 Å². The molecular formula is C10H11FN2O. The SMILES string of the molecule is C[C@H](O)Cn1cnc2cc(F)ccc21. The van der Waals surface area contributed by atoms with Gasteiger partial charge in [-0.05, 0) is 19.1 Å². The fourth-order valence-corrected chi connectivity index (χ4v) is 1.47. The number of aliphatic hydroxyl groups is 1. The maximum atomic E-state index is 12.8. The Morgan fingerprint density at radius 3 is 3.07 bits per heavy atom. The van der Waals surface area contributed by atoms with Gasteiger partial charge in [0.1, 0.15) is 5.82 Å². The normalized spacial score (nSPS) is 13.4. The van der Waals surface area contributed by atoms with E-state index in [-0.39, 0.29) is 5.82 Å². The number of hydrogen-bond acceptors (Lipinski definition) is 2. The van der Waals surface area contributed by atoms with Crippen LogP contribution in [0.25, 0.3) is 11.0 Å². The van der Waals surface area contributed by atoms with Gasteiger partial charge < -0.3 is 9.67 Å². The van der Waals surface area contributed by atoms with Gasteiger partial charge in [0, 0.05) is 12.6 Å². The molecule has 0 unspecified atom stereocenters. The molecule has 0 aliphatic heterocycles. The lowest BCUT2D eigenvalue weighted by molar-refractivity contribution is 0.175. The molecule has 0 fully saturated rings. The molecule has 1 heterocycles. The number of halogens is 1. The second-order valence-electron chi connectivity index (χ2n) is 3.38. The minimum absolute atomic E-state index is 0.292. The number of benzene rings is 1. The molecule has 2 rings (SSSR count). The molecule has 1 N–H and O–H groups in total. The summed E-state index contributed by atoms with van der Waals surface area (Å²) in [5, 5.41) is 9.22. The highest BCUT2D eigenvalue weighted by Crippen LogP contribution is 2.14. The van der Waals surface area contributed by atoms with E-state index >= 15 is 0 Å². The summed E-state index contributed by atoms with van der Waals surface area (Å²) in [5.74, 6) is -0.292. The maximum absolute atomic E-state index is 12.8. The van der Waals surface area contributed by atoms with E-state index in [0.29, 0.717) is 12.1 Å². The average Bonchev–Trinajstić information content (AvgIpc) is 2.47. The molecule has 74 valence electrons. The summed E-state index contributed by atoms with van der Waals surface area (Å²) in [5.41, 5.74) is 1.46. The van der Waals surface area contributed by atoms with Gasteiger partial charge in [-0.2, -0.15) is 0 Å². The van der Waals surface area contributed by atoms with Crippen LogP contribution in [0, 0.1) is 5.82 Å². The standard InChI is InChI=1S/C10H11FN2O/c1-7(14)5-13-6-12-9-4-8(11)2-3-10(9)13/h2-4,6-7,14H,5H2,1H3/t7-/m0/s1. The first-order valence-corrected chi connectivity index (χ1v) is 4.45. The Labute approximate surface area is 80.8 Å². The average molecular weight is 194 g/mol. The Bertz CT molecular complexity index is 450. The highest BCUT2D eigenvalue weighted by atomic mass is 19.1. The minimum atomic E-state index is -0.433. The van der Waals surface area contributed by atoms with Crippen LogP contribution < -0.4 is 0 Å². The third-order valence-corrected chi connectivity index (χ3v) is 2.04. The van der Waals surface area contributed by atoms with E-state index in [4.69, 9.17) is 0 Å². The predicted octanol–water partition coefficient (Wildman–Crippen LogP) is 1.56. The number of aromatic nitrogens is 2. The quantitative estimate of drug-likeness (QED) is 0.787. The highest BCUT2D eigenvalue weighted by molar-refractivity contribution is 5.75. The summed E-state index contributed by atoms with van der Waals surface area (Å²) in [6.45, 7) is 2.18. The van der Waals surface area contributed by atoms with E-state index < -0.39 is 6.10 Å². The largest absolute Gasteiger partial charge is 0.392 e. The predicted molar refractivity (Wildman–Crippen MR) is 51.4 cm³/mol. The van der Waals surface area contributed by atoms with Crippen molar-refractivity contribution in [2.75, 3.05) is 0 Å². The second-order valence-corrected chi connectivity index (χ2v) is 3.38. The molecule has 1 aromatic carbocycles. The first-order valence-electron chi connectivity index (χ1n) is 4.45. The Hall–Kier alpha value is -1.42. The van der Waals surface area contributed by atoms with Crippen molar-refractivity contribution < 1.29 is 9.50 Å². The smallest absolute Gasteiger partial charge is 0.125 e. The zero-order chi connectivity index (χ0) is 10.1. The second kappa shape index (κ2) is 3.38. The van der Waals surface area contributed by atoms with Gasteiger partial charge in [-0.25, -0.2) is 9.37 Å². The lowest BCUT2D eigenvalue weighted by atomic mass is 10.3. The van der Waals surface area contributed by atoms with Crippen LogP contribution in [-0.4, -0.2) is 20.8 Å². The van der Waals surface area contributed by atoms with Gasteiger partial charge in [0.05, 0.1) is 23.5 Å². The third-order valence-electron chi connectivity index (χ3n) is 2.04. The summed E-state index contributed by atoms with van der Waals surface area (Å²) in [4.78, 5) is 4.04. The molecule has 0 aliphatic carbocycles. The summed E-state index contributed by atoms with van der Waals surface area (Å²) in [7, 11) is 0. The number of hydrogen-bond donors (Lipinski definition) is 1. The molecule has 0 spiro atoms. The highest BCUT2D eigenvalue weighted by Gasteiger charge is 2.05. The van der Waals surface area contributed by atoms with Gasteiger partial charge in [0.15, 0.2) is 0 Å². The molecule has 4 heteroatoms. The van der Waals surface area contributed by atoms with Gasteiger partial charge in [-0.3, -0.25) is 0 Å². The van der Waals surface area contributed by atoms with Gasteiger partial charge in [-0.1, -0.05) is 0 Å². The molecule has 0 radical (unpaired) electrons. The molecule has 0 saturated heterocycles. The number of nitrogens with zero attached hydrogens (tertiary/aromatic N) is 2.